The molecule has 0 aromatic carbocycles. The number of urea groups is 1. The monoisotopic (exact) mass is 296 g/mol. The van der Waals surface area contributed by atoms with Crippen LogP contribution in [0.5, 0.6) is 0 Å². The number of nitrogens with one attached hydrogen (secondary N) is 1. The van der Waals surface area contributed by atoms with Crippen molar-refractivity contribution >= 4 is 12.0 Å². The van der Waals surface area contributed by atoms with Crippen molar-refractivity contribution in [1.82, 2.24) is 10.2 Å². The molecule has 1 heterocycles. The van der Waals surface area contributed by atoms with E-state index in [-0.39, 0.29) is 30.0 Å². The first-order valence-corrected chi connectivity index (χ1v) is 8.29. The lowest BCUT2D eigenvalue weighted by Crippen LogP contribution is -2.53. The molecule has 0 aromatic rings. The number of hydrogen-bond donors (Lipinski definition) is 2. The maximum atomic E-state index is 12.4. The molecule has 1 saturated heterocycles. The van der Waals surface area contributed by atoms with Gasteiger partial charge in [-0.2, -0.15) is 0 Å². The molecular weight excluding hydrogens is 268 g/mol. The van der Waals surface area contributed by atoms with Gasteiger partial charge in [-0.15, -0.1) is 0 Å². The highest BCUT2D eigenvalue weighted by Gasteiger charge is 2.33. The van der Waals surface area contributed by atoms with Crippen LogP contribution in [-0.2, 0) is 4.79 Å². The number of carboxylic acid groups (broad SMARTS) is 1. The van der Waals surface area contributed by atoms with Gasteiger partial charge in [-0.05, 0) is 51.9 Å². The van der Waals surface area contributed by atoms with Gasteiger partial charge >= 0.3 is 12.0 Å². The summed E-state index contributed by atoms with van der Waals surface area (Å²) in [6.07, 6.45) is 6.99. The second kappa shape index (κ2) is 7.14. The molecule has 1 aliphatic heterocycles. The third-order valence-corrected chi connectivity index (χ3v) is 5.17. The molecule has 5 nitrogen and oxygen atoms in total. The van der Waals surface area contributed by atoms with Crippen molar-refractivity contribution in [3.63, 3.8) is 0 Å². The van der Waals surface area contributed by atoms with Gasteiger partial charge in [-0.3, -0.25) is 4.79 Å². The molecule has 2 rings (SSSR count). The number of carboxylic acids is 1. The summed E-state index contributed by atoms with van der Waals surface area (Å²) in [5.74, 6) is -0.931. The smallest absolute Gasteiger partial charge is 0.317 e. The second-order valence-corrected chi connectivity index (χ2v) is 6.71. The van der Waals surface area contributed by atoms with Gasteiger partial charge in [0.05, 0.1) is 5.92 Å². The summed E-state index contributed by atoms with van der Waals surface area (Å²) in [6, 6.07) is 0.523. The number of nitrogens with zero attached hydrogens (tertiary/aromatic N) is 1. The summed E-state index contributed by atoms with van der Waals surface area (Å²) >= 11 is 0. The standard InChI is InChI=1S/C16H28N2O3/c1-11-6-5-7-12(2)18(11)16(21)17-10-13-8-3-4-9-14(13)15(19)20/h11-14H,3-10H2,1-2H3,(H,17,21)(H,19,20)/t11-,12+,13?,14?. The van der Waals surface area contributed by atoms with E-state index in [4.69, 9.17) is 0 Å². The zero-order valence-electron chi connectivity index (χ0n) is 13.2. The highest BCUT2D eigenvalue weighted by Crippen LogP contribution is 2.30. The Labute approximate surface area is 127 Å². The zero-order valence-corrected chi connectivity index (χ0v) is 13.2. The number of carbonyl (C=O) groups excluding carboxylic acids is 1. The Balaban J connectivity index is 1.88. The van der Waals surface area contributed by atoms with Gasteiger partial charge in [0.25, 0.3) is 0 Å². The average molecular weight is 296 g/mol. The first kappa shape index (κ1) is 16.1. The van der Waals surface area contributed by atoms with E-state index in [1.54, 1.807) is 0 Å². The molecule has 0 spiro atoms. The summed E-state index contributed by atoms with van der Waals surface area (Å²) in [7, 11) is 0. The predicted molar refractivity (Wildman–Crippen MR) is 81.1 cm³/mol. The zero-order chi connectivity index (χ0) is 15.4. The highest BCUT2D eigenvalue weighted by atomic mass is 16.4. The largest absolute Gasteiger partial charge is 0.481 e. The van der Waals surface area contributed by atoms with E-state index in [0.717, 1.165) is 38.5 Å². The maximum Gasteiger partial charge on any atom is 0.317 e. The number of likely N-dealkylation sites (tertiary alicyclic amines) is 1. The van der Waals surface area contributed by atoms with Gasteiger partial charge in [0, 0.05) is 18.6 Å². The Bertz CT molecular complexity index is 376. The normalized spacial score (nSPS) is 33.5. The molecule has 1 saturated carbocycles. The third kappa shape index (κ3) is 3.89. The molecule has 2 aliphatic rings. The molecular formula is C16H28N2O3. The predicted octanol–water partition coefficient (Wildman–Crippen LogP) is 2.85. The van der Waals surface area contributed by atoms with Crippen molar-refractivity contribution in [2.45, 2.75) is 70.9 Å². The number of piperidine rings is 1. The summed E-state index contributed by atoms with van der Waals surface area (Å²) in [5.41, 5.74) is 0. The van der Waals surface area contributed by atoms with Crippen LogP contribution < -0.4 is 5.32 Å². The average Bonchev–Trinajstić information content (AvgIpc) is 2.45. The highest BCUT2D eigenvalue weighted by molar-refractivity contribution is 5.75. The molecule has 21 heavy (non-hydrogen) atoms. The van der Waals surface area contributed by atoms with Crippen LogP contribution >= 0.6 is 0 Å². The minimum absolute atomic E-state index is 0.0237. The lowest BCUT2D eigenvalue weighted by molar-refractivity contribution is -0.144. The van der Waals surface area contributed by atoms with E-state index in [0.29, 0.717) is 6.54 Å². The van der Waals surface area contributed by atoms with E-state index < -0.39 is 5.97 Å². The van der Waals surface area contributed by atoms with Crippen LogP contribution in [0.3, 0.4) is 0 Å². The van der Waals surface area contributed by atoms with Crippen LogP contribution in [0.2, 0.25) is 0 Å². The molecule has 2 amide bonds. The van der Waals surface area contributed by atoms with Crippen molar-refractivity contribution < 1.29 is 14.7 Å². The molecule has 5 heteroatoms. The van der Waals surface area contributed by atoms with Gasteiger partial charge in [0.2, 0.25) is 0 Å². The molecule has 2 unspecified atom stereocenters. The number of amides is 2. The van der Waals surface area contributed by atoms with Crippen LogP contribution in [0.4, 0.5) is 4.79 Å². The quantitative estimate of drug-likeness (QED) is 0.841. The fraction of sp³-hybridized carbons (Fsp3) is 0.875. The summed E-state index contributed by atoms with van der Waals surface area (Å²) in [6.45, 7) is 4.68. The van der Waals surface area contributed by atoms with Crippen LogP contribution in [0, 0.1) is 11.8 Å². The van der Waals surface area contributed by atoms with Gasteiger partial charge in [0.15, 0.2) is 0 Å². The summed E-state index contributed by atoms with van der Waals surface area (Å²) < 4.78 is 0. The Morgan fingerprint density at radius 1 is 1.05 bits per heavy atom. The van der Waals surface area contributed by atoms with Crippen LogP contribution in [0.15, 0.2) is 0 Å². The summed E-state index contributed by atoms with van der Waals surface area (Å²) in [5, 5.41) is 12.3. The lowest BCUT2D eigenvalue weighted by Gasteiger charge is -2.39. The van der Waals surface area contributed by atoms with Crippen molar-refractivity contribution in [2.24, 2.45) is 11.8 Å². The van der Waals surface area contributed by atoms with Crippen LogP contribution in [0.1, 0.15) is 58.8 Å². The van der Waals surface area contributed by atoms with E-state index in [1.807, 2.05) is 4.90 Å². The Kier molecular flexibility index (Phi) is 5.48. The minimum Gasteiger partial charge on any atom is -0.481 e. The topological polar surface area (TPSA) is 69.6 Å². The first-order valence-electron chi connectivity index (χ1n) is 8.29. The molecule has 0 aromatic heterocycles. The van der Waals surface area contributed by atoms with E-state index in [9.17, 15) is 14.7 Å². The van der Waals surface area contributed by atoms with Crippen molar-refractivity contribution in [1.29, 1.82) is 0 Å². The minimum atomic E-state index is -0.714. The van der Waals surface area contributed by atoms with Gasteiger partial charge in [-0.25, -0.2) is 4.79 Å². The molecule has 0 bridgehead atoms. The van der Waals surface area contributed by atoms with Crippen molar-refractivity contribution in [3.05, 3.63) is 0 Å². The van der Waals surface area contributed by atoms with Gasteiger partial charge in [0.1, 0.15) is 0 Å². The van der Waals surface area contributed by atoms with Crippen molar-refractivity contribution in [2.75, 3.05) is 6.54 Å². The first-order chi connectivity index (χ1) is 10.0. The maximum absolute atomic E-state index is 12.4. The molecule has 2 N–H and O–H groups in total. The Morgan fingerprint density at radius 3 is 2.29 bits per heavy atom. The van der Waals surface area contributed by atoms with Gasteiger partial charge < -0.3 is 15.3 Å². The number of aliphatic carboxylic acids is 1. The van der Waals surface area contributed by atoms with Crippen LogP contribution in [-0.4, -0.2) is 40.6 Å². The van der Waals surface area contributed by atoms with E-state index in [2.05, 4.69) is 19.2 Å². The SMILES string of the molecule is C[C@@H]1CCC[C@H](C)N1C(=O)NCC1CCCCC1C(=O)O. The lowest BCUT2D eigenvalue weighted by atomic mass is 9.79. The fourth-order valence-electron chi connectivity index (χ4n) is 3.91. The molecule has 1 aliphatic carbocycles. The van der Waals surface area contributed by atoms with Gasteiger partial charge in [-0.1, -0.05) is 12.8 Å². The molecule has 4 atom stereocenters. The Morgan fingerprint density at radius 2 is 1.67 bits per heavy atom. The third-order valence-electron chi connectivity index (χ3n) is 5.17. The second-order valence-electron chi connectivity index (χ2n) is 6.71. The van der Waals surface area contributed by atoms with E-state index >= 15 is 0 Å². The fourth-order valence-corrected chi connectivity index (χ4v) is 3.91. The summed E-state index contributed by atoms with van der Waals surface area (Å²) in [4.78, 5) is 25.6. The van der Waals surface area contributed by atoms with Crippen molar-refractivity contribution in [3.8, 4) is 0 Å². The molecule has 120 valence electrons. The molecule has 2 fully saturated rings. The number of carbonyl (C=O) groups is 2. The van der Waals surface area contributed by atoms with E-state index in [1.165, 1.54) is 6.42 Å². The Hall–Kier alpha value is -1.26. The molecule has 0 radical (unpaired) electrons. The number of rotatable bonds is 3. The number of hydrogen-bond acceptors (Lipinski definition) is 2. The van der Waals surface area contributed by atoms with Crippen LogP contribution in [0.25, 0.3) is 0 Å².